The fourth-order valence-corrected chi connectivity index (χ4v) is 2.63. The van der Waals surface area contributed by atoms with E-state index >= 15 is 0 Å². The van der Waals surface area contributed by atoms with E-state index in [1.807, 2.05) is 0 Å². The molecule has 1 N–H and O–H groups in total. The second-order valence-electron chi connectivity index (χ2n) is 8.54. The number of methoxy groups -OCH3 is 2. The maximum Gasteiger partial charge on any atom is 0.415 e. The Morgan fingerprint density at radius 3 is 2.36 bits per heavy atom. The lowest BCUT2D eigenvalue weighted by Gasteiger charge is -2.27. The predicted octanol–water partition coefficient (Wildman–Crippen LogP) is 3.01. The van der Waals surface area contributed by atoms with Crippen molar-refractivity contribution in [2.24, 2.45) is 5.92 Å². The van der Waals surface area contributed by atoms with Gasteiger partial charge in [0.15, 0.2) is 0 Å². The van der Waals surface area contributed by atoms with E-state index in [2.05, 4.69) is 11.2 Å². The number of hydrogen-bond donors (Lipinski definition) is 1. The van der Waals surface area contributed by atoms with Crippen LogP contribution in [0.1, 0.15) is 45.0 Å². The molecule has 0 spiro atoms. The quantitative estimate of drug-likeness (QED) is 0.421. The molecule has 9 heteroatoms. The molecule has 0 aliphatic carbocycles. The normalized spacial score (nSPS) is 11.8. The number of amides is 2. The number of terminal acetylenes is 1. The highest BCUT2D eigenvalue weighted by atomic mass is 16.6. The van der Waals surface area contributed by atoms with Gasteiger partial charge < -0.3 is 24.3 Å². The number of carbonyl (C=O) groups is 3. The molecule has 0 radical (unpaired) electrons. The Bertz CT molecular complexity index is 869. The summed E-state index contributed by atoms with van der Waals surface area (Å²) in [5.74, 6) is 1.60. The molecule has 182 valence electrons. The molecule has 0 aliphatic heterocycles. The first-order chi connectivity index (χ1) is 15.4. The maximum atomic E-state index is 12.7. The third-order valence-electron chi connectivity index (χ3n) is 4.19. The van der Waals surface area contributed by atoms with Crippen molar-refractivity contribution in [2.45, 2.75) is 46.3 Å². The molecule has 9 nitrogen and oxygen atoms in total. The SMILES string of the molecule is C#CCN(C(=O)OC(C)(C)C)c1ccc(C(=O)NCC(COC)OC(=O)C(C)C)cc1OC. The van der Waals surface area contributed by atoms with Crippen LogP contribution < -0.4 is 15.0 Å². The fraction of sp³-hybridized carbons (Fsp3) is 0.542. The lowest BCUT2D eigenvalue weighted by Crippen LogP contribution is -2.38. The minimum atomic E-state index is -0.714. The molecule has 1 aromatic carbocycles. The maximum absolute atomic E-state index is 12.7. The molecule has 0 bridgehead atoms. The molecule has 1 unspecified atom stereocenters. The summed E-state index contributed by atoms with van der Waals surface area (Å²) >= 11 is 0. The third kappa shape index (κ3) is 9.02. The summed E-state index contributed by atoms with van der Waals surface area (Å²) in [6.07, 6.45) is 4.17. The van der Waals surface area contributed by atoms with Gasteiger partial charge in [0.05, 0.1) is 38.4 Å². The number of ether oxygens (including phenoxy) is 4. The van der Waals surface area contributed by atoms with E-state index in [1.165, 1.54) is 31.3 Å². The molecule has 0 saturated heterocycles. The molecule has 0 saturated carbocycles. The zero-order valence-electron chi connectivity index (χ0n) is 20.4. The van der Waals surface area contributed by atoms with E-state index in [0.29, 0.717) is 5.69 Å². The molecule has 0 aliphatic rings. The summed E-state index contributed by atoms with van der Waals surface area (Å²) in [4.78, 5) is 38.4. The van der Waals surface area contributed by atoms with Gasteiger partial charge in [0.25, 0.3) is 5.91 Å². The predicted molar refractivity (Wildman–Crippen MR) is 124 cm³/mol. The van der Waals surface area contributed by atoms with Crippen molar-refractivity contribution < 1.29 is 33.3 Å². The molecule has 1 aromatic rings. The highest BCUT2D eigenvalue weighted by Crippen LogP contribution is 2.30. The first-order valence-corrected chi connectivity index (χ1v) is 10.5. The minimum Gasteiger partial charge on any atom is -0.495 e. The summed E-state index contributed by atoms with van der Waals surface area (Å²) in [6, 6.07) is 4.58. The lowest BCUT2D eigenvalue weighted by molar-refractivity contribution is -0.155. The summed E-state index contributed by atoms with van der Waals surface area (Å²) in [7, 11) is 2.90. The van der Waals surface area contributed by atoms with Crippen LogP contribution in [0.2, 0.25) is 0 Å². The number of rotatable bonds is 10. The summed E-state index contributed by atoms with van der Waals surface area (Å²) in [5, 5.41) is 2.72. The molecule has 0 fully saturated rings. The molecule has 1 rings (SSSR count). The van der Waals surface area contributed by atoms with E-state index in [-0.39, 0.29) is 42.9 Å². The third-order valence-corrected chi connectivity index (χ3v) is 4.19. The van der Waals surface area contributed by atoms with Gasteiger partial charge in [-0.1, -0.05) is 19.8 Å². The smallest absolute Gasteiger partial charge is 0.415 e. The van der Waals surface area contributed by atoms with Crippen molar-refractivity contribution in [1.29, 1.82) is 0 Å². The van der Waals surface area contributed by atoms with Crippen molar-refractivity contribution in [3.8, 4) is 18.1 Å². The Morgan fingerprint density at radius 2 is 1.85 bits per heavy atom. The standard InChI is InChI=1S/C24H34N2O7/c1-9-12-26(23(29)33-24(4,5)6)19-11-10-17(13-20(19)31-8)21(27)25-14-18(15-30-7)32-22(28)16(2)3/h1,10-11,13,16,18H,12,14-15H2,2-8H3,(H,25,27). The zero-order chi connectivity index (χ0) is 25.2. The number of hydrogen-bond acceptors (Lipinski definition) is 7. The van der Waals surface area contributed by atoms with E-state index in [9.17, 15) is 14.4 Å². The largest absolute Gasteiger partial charge is 0.495 e. The van der Waals surface area contributed by atoms with Gasteiger partial charge in [-0.3, -0.25) is 14.5 Å². The summed E-state index contributed by atoms with van der Waals surface area (Å²) in [5.41, 5.74) is -0.0643. The minimum absolute atomic E-state index is 0.0449. The van der Waals surface area contributed by atoms with Gasteiger partial charge in [0.1, 0.15) is 17.5 Å². The zero-order valence-corrected chi connectivity index (χ0v) is 20.4. The Balaban J connectivity index is 3.03. The Kier molecular flexibility index (Phi) is 10.7. The Labute approximate surface area is 195 Å². The fourth-order valence-electron chi connectivity index (χ4n) is 2.63. The average molecular weight is 463 g/mol. The monoisotopic (exact) mass is 462 g/mol. The number of nitrogens with zero attached hydrogens (tertiary/aromatic N) is 1. The average Bonchev–Trinajstić information content (AvgIpc) is 2.73. The van der Waals surface area contributed by atoms with Gasteiger partial charge in [-0.25, -0.2) is 4.79 Å². The van der Waals surface area contributed by atoms with Crippen LogP contribution in [0.3, 0.4) is 0 Å². The number of anilines is 1. The Morgan fingerprint density at radius 1 is 1.18 bits per heavy atom. The van der Waals surface area contributed by atoms with Crippen molar-refractivity contribution in [3.05, 3.63) is 23.8 Å². The van der Waals surface area contributed by atoms with Gasteiger partial charge in [-0.2, -0.15) is 0 Å². The number of esters is 1. The number of carbonyl (C=O) groups excluding carboxylic acids is 3. The second-order valence-corrected chi connectivity index (χ2v) is 8.54. The van der Waals surface area contributed by atoms with Crippen LogP contribution in [-0.2, 0) is 19.0 Å². The highest BCUT2D eigenvalue weighted by molar-refractivity contribution is 5.97. The van der Waals surface area contributed by atoms with Crippen LogP contribution in [-0.4, -0.2) is 63.6 Å². The van der Waals surface area contributed by atoms with Gasteiger partial charge in [-0.05, 0) is 39.0 Å². The lowest BCUT2D eigenvalue weighted by atomic mass is 10.1. The van der Waals surface area contributed by atoms with Crippen LogP contribution in [0.4, 0.5) is 10.5 Å². The summed E-state index contributed by atoms with van der Waals surface area (Å²) in [6.45, 7) is 8.85. The van der Waals surface area contributed by atoms with E-state index in [0.717, 1.165) is 0 Å². The molecular weight excluding hydrogens is 428 g/mol. The topological polar surface area (TPSA) is 103 Å². The molecule has 0 heterocycles. The first kappa shape index (κ1) is 27.8. The van der Waals surface area contributed by atoms with Crippen molar-refractivity contribution in [1.82, 2.24) is 5.32 Å². The van der Waals surface area contributed by atoms with Crippen LogP contribution >= 0.6 is 0 Å². The van der Waals surface area contributed by atoms with Gasteiger partial charge in [-0.15, -0.1) is 6.42 Å². The van der Waals surface area contributed by atoms with Gasteiger partial charge in [0, 0.05) is 12.7 Å². The molecule has 2 amide bonds. The molecule has 0 aromatic heterocycles. The molecule has 1 atom stereocenters. The van der Waals surface area contributed by atoms with E-state index < -0.39 is 23.7 Å². The van der Waals surface area contributed by atoms with Gasteiger partial charge in [0.2, 0.25) is 0 Å². The first-order valence-electron chi connectivity index (χ1n) is 10.5. The van der Waals surface area contributed by atoms with Crippen LogP contribution in [0, 0.1) is 18.3 Å². The number of benzene rings is 1. The highest BCUT2D eigenvalue weighted by Gasteiger charge is 2.26. The molecular formula is C24H34N2O7. The summed E-state index contributed by atoms with van der Waals surface area (Å²) < 4.78 is 21.2. The van der Waals surface area contributed by atoms with E-state index in [1.54, 1.807) is 40.7 Å². The van der Waals surface area contributed by atoms with Crippen molar-refractivity contribution in [3.63, 3.8) is 0 Å². The van der Waals surface area contributed by atoms with E-state index in [4.69, 9.17) is 25.4 Å². The van der Waals surface area contributed by atoms with Crippen molar-refractivity contribution >= 4 is 23.7 Å². The van der Waals surface area contributed by atoms with Crippen LogP contribution in [0.15, 0.2) is 18.2 Å². The van der Waals surface area contributed by atoms with Crippen molar-refractivity contribution in [2.75, 3.05) is 38.8 Å². The van der Waals surface area contributed by atoms with Crippen LogP contribution in [0.25, 0.3) is 0 Å². The second kappa shape index (κ2) is 12.7. The number of nitrogens with one attached hydrogen (secondary N) is 1. The Hall–Kier alpha value is -3.25. The molecule has 33 heavy (non-hydrogen) atoms. The van der Waals surface area contributed by atoms with Crippen LogP contribution in [0.5, 0.6) is 5.75 Å². The van der Waals surface area contributed by atoms with Gasteiger partial charge >= 0.3 is 12.1 Å².